The number of carbonyl (C=O) groups excluding carboxylic acids is 4. The van der Waals surface area contributed by atoms with E-state index in [0.717, 1.165) is 0 Å². The second kappa shape index (κ2) is 11.5. The van der Waals surface area contributed by atoms with Crippen LogP contribution in [0, 0.1) is 11.8 Å². The number of hydrogen-bond acceptors (Lipinski definition) is 6. The van der Waals surface area contributed by atoms with Gasteiger partial charge < -0.3 is 20.4 Å². The molecular weight excluding hydrogens is 483 g/mol. The molecule has 0 saturated carbocycles. The zero-order valence-corrected chi connectivity index (χ0v) is 19.8. The number of imidazole rings is 1. The van der Waals surface area contributed by atoms with Crippen molar-refractivity contribution in [2.45, 2.75) is 51.6 Å². The van der Waals surface area contributed by atoms with Gasteiger partial charge in [-0.15, -0.1) is 13.2 Å². The molecule has 0 radical (unpaired) electrons. The van der Waals surface area contributed by atoms with E-state index in [9.17, 15) is 32.3 Å². The molecule has 2 aromatic heterocycles. The zero-order valence-electron chi connectivity index (χ0n) is 19.8. The first-order valence-corrected chi connectivity index (χ1v) is 11.5. The van der Waals surface area contributed by atoms with Crippen LogP contribution in [0.5, 0.6) is 0 Å². The van der Waals surface area contributed by atoms with Crippen LogP contribution >= 0.6 is 0 Å². The minimum absolute atomic E-state index is 0.0505. The molecule has 10 nitrogen and oxygen atoms in total. The fraction of sp³-hybridized carbons (Fsp3) is 0.522. The van der Waals surface area contributed by atoms with E-state index in [1.807, 2.05) is 13.8 Å². The topological polar surface area (TPSA) is 131 Å². The summed E-state index contributed by atoms with van der Waals surface area (Å²) >= 11 is 0. The van der Waals surface area contributed by atoms with Gasteiger partial charge in [0.05, 0.1) is 6.04 Å². The van der Waals surface area contributed by atoms with Crippen LogP contribution in [0.1, 0.15) is 43.6 Å². The second-order valence-corrected chi connectivity index (χ2v) is 9.02. The lowest BCUT2D eigenvalue weighted by atomic mass is 9.95. The van der Waals surface area contributed by atoms with Crippen molar-refractivity contribution in [3.05, 3.63) is 36.3 Å². The van der Waals surface area contributed by atoms with Gasteiger partial charge in [-0.25, -0.2) is 4.98 Å². The average Bonchev–Trinajstić information content (AvgIpc) is 3.41. The molecule has 36 heavy (non-hydrogen) atoms. The Kier molecular flexibility index (Phi) is 8.66. The number of nitrogens with zero attached hydrogens (tertiary/aromatic N) is 2. The standard InChI is InChI=1S/C23H28F3N5O5/c1-13(2)9-16(30-22(35)17-11-31-8-4-3-5-19(31)28-17)21(34)29-15(10-14-6-7-27-20(14)33)18(32)12-36-23(24,25)26/h3-5,8,11,13-16H,6-7,9-10,12H2,1-2H3,(H,27,33)(H,29,34)(H,30,35)/t14-,15-,16-/m0/s1. The maximum absolute atomic E-state index is 13.1. The third-order valence-electron chi connectivity index (χ3n) is 5.69. The second-order valence-electron chi connectivity index (χ2n) is 9.02. The molecule has 3 atom stereocenters. The van der Waals surface area contributed by atoms with Crippen molar-refractivity contribution < 1.29 is 37.1 Å². The number of nitrogens with one attached hydrogen (secondary N) is 3. The first kappa shape index (κ1) is 27.1. The zero-order chi connectivity index (χ0) is 26.5. The predicted octanol–water partition coefficient (Wildman–Crippen LogP) is 1.60. The number of hydrogen-bond donors (Lipinski definition) is 3. The molecule has 13 heteroatoms. The summed E-state index contributed by atoms with van der Waals surface area (Å²) in [5.74, 6) is -3.47. The molecule has 1 fully saturated rings. The minimum Gasteiger partial charge on any atom is -0.356 e. The molecular formula is C23H28F3N5O5. The van der Waals surface area contributed by atoms with Crippen LogP contribution in [0.15, 0.2) is 30.6 Å². The number of carbonyl (C=O) groups is 4. The van der Waals surface area contributed by atoms with Gasteiger partial charge in [-0.2, -0.15) is 0 Å². The highest BCUT2D eigenvalue weighted by molar-refractivity contribution is 5.98. The lowest BCUT2D eigenvalue weighted by molar-refractivity contribution is -0.321. The van der Waals surface area contributed by atoms with Crippen molar-refractivity contribution in [1.82, 2.24) is 25.3 Å². The van der Waals surface area contributed by atoms with Crippen LogP contribution in [0.25, 0.3) is 5.65 Å². The van der Waals surface area contributed by atoms with E-state index in [0.29, 0.717) is 18.6 Å². The molecule has 2 aromatic rings. The molecule has 0 unspecified atom stereocenters. The van der Waals surface area contributed by atoms with Gasteiger partial charge in [-0.05, 0) is 37.3 Å². The Morgan fingerprint density at radius 2 is 1.97 bits per heavy atom. The summed E-state index contributed by atoms with van der Waals surface area (Å²) in [5.41, 5.74) is 0.592. The molecule has 0 aliphatic carbocycles. The predicted molar refractivity (Wildman–Crippen MR) is 121 cm³/mol. The first-order valence-electron chi connectivity index (χ1n) is 11.5. The summed E-state index contributed by atoms with van der Waals surface area (Å²) in [6.45, 7) is 2.69. The van der Waals surface area contributed by atoms with Crippen LogP contribution in [0.2, 0.25) is 0 Å². The molecule has 3 rings (SSSR count). The Bertz CT molecular complexity index is 1080. The molecule has 1 aliphatic rings. The van der Waals surface area contributed by atoms with E-state index >= 15 is 0 Å². The molecule has 0 aromatic carbocycles. The van der Waals surface area contributed by atoms with E-state index in [-0.39, 0.29) is 30.4 Å². The Hall–Kier alpha value is -3.48. The summed E-state index contributed by atoms with van der Waals surface area (Å²) in [4.78, 5) is 54.7. The SMILES string of the molecule is CC(C)C[C@H](NC(=O)c1cn2ccccc2n1)C(=O)N[C@@H](C[C@@H]1CCNC1=O)C(=O)COC(F)(F)F. The molecule has 3 N–H and O–H groups in total. The first-order chi connectivity index (χ1) is 16.9. The van der Waals surface area contributed by atoms with E-state index in [1.165, 1.54) is 6.20 Å². The number of ketones is 1. The van der Waals surface area contributed by atoms with Crippen molar-refractivity contribution in [2.24, 2.45) is 11.8 Å². The molecule has 3 heterocycles. The number of amides is 3. The van der Waals surface area contributed by atoms with Gasteiger partial charge in [-0.1, -0.05) is 19.9 Å². The summed E-state index contributed by atoms with van der Waals surface area (Å²) in [6.07, 6.45) is -1.46. The van der Waals surface area contributed by atoms with Crippen LogP contribution in [0.3, 0.4) is 0 Å². The molecule has 0 bridgehead atoms. The fourth-order valence-electron chi connectivity index (χ4n) is 3.93. The van der Waals surface area contributed by atoms with E-state index < -0.39 is 48.6 Å². The number of alkyl halides is 3. The van der Waals surface area contributed by atoms with Crippen LogP contribution < -0.4 is 16.0 Å². The number of ether oxygens (including phenoxy) is 1. The monoisotopic (exact) mass is 511 g/mol. The summed E-state index contributed by atoms with van der Waals surface area (Å²) in [6, 6.07) is 2.71. The molecule has 1 aliphatic heterocycles. The Balaban J connectivity index is 1.74. The number of rotatable bonds is 11. The van der Waals surface area contributed by atoms with Crippen molar-refractivity contribution >= 4 is 29.2 Å². The van der Waals surface area contributed by atoms with Gasteiger partial charge in [0.1, 0.15) is 24.0 Å². The van der Waals surface area contributed by atoms with Gasteiger partial charge in [-0.3, -0.25) is 23.9 Å². The molecule has 3 amide bonds. The average molecular weight is 512 g/mol. The van der Waals surface area contributed by atoms with Crippen molar-refractivity contribution in [2.75, 3.05) is 13.2 Å². The van der Waals surface area contributed by atoms with Crippen LogP contribution in [-0.4, -0.2) is 64.5 Å². The molecule has 1 saturated heterocycles. The summed E-state index contributed by atoms with van der Waals surface area (Å²) in [7, 11) is 0. The highest BCUT2D eigenvalue weighted by Gasteiger charge is 2.36. The third-order valence-corrected chi connectivity index (χ3v) is 5.69. The van der Waals surface area contributed by atoms with E-state index in [1.54, 1.807) is 28.8 Å². The maximum Gasteiger partial charge on any atom is 0.522 e. The largest absolute Gasteiger partial charge is 0.522 e. The molecule has 0 spiro atoms. The van der Waals surface area contributed by atoms with Crippen LogP contribution in [0.4, 0.5) is 13.2 Å². The lowest BCUT2D eigenvalue weighted by Gasteiger charge is -2.25. The maximum atomic E-state index is 13.1. The minimum atomic E-state index is -5.03. The van der Waals surface area contributed by atoms with Crippen molar-refractivity contribution in [3.8, 4) is 0 Å². The van der Waals surface area contributed by atoms with Gasteiger partial charge in [0.15, 0.2) is 5.78 Å². The quantitative estimate of drug-likeness (QED) is 0.420. The van der Waals surface area contributed by atoms with Gasteiger partial charge >= 0.3 is 6.36 Å². The molecule has 196 valence electrons. The number of fused-ring (bicyclic) bond motifs is 1. The highest BCUT2D eigenvalue weighted by Crippen LogP contribution is 2.20. The van der Waals surface area contributed by atoms with Gasteiger partial charge in [0, 0.05) is 24.9 Å². The summed E-state index contributed by atoms with van der Waals surface area (Å²) in [5, 5.41) is 7.62. The van der Waals surface area contributed by atoms with Crippen molar-refractivity contribution in [1.29, 1.82) is 0 Å². The number of Topliss-reactive ketones (excluding diaryl/α,β-unsaturated/α-hetero) is 1. The van der Waals surface area contributed by atoms with E-state index in [4.69, 9.17) is 0 Å². The fourth-order valence-corrected chi connectivity index (χ4v) is 3.93. The van der Waals surface area contributed by atoms with Gasteiger partial charge in [0.2, 0.25) is 11.8 Å². The smallest absolute Gasteiger partial charge is 0.356 e. The van der Waals surface area contributed by atoms with E-state index in [2.05, 4.69) is 25.7 Å². The lowest BCUT2D eigenvalue weighted by Crippen LogP contribution is -2.53. The number of pyridine rings is 1. The number of aromatic nitrogens is 2. The normalized spacial score (nSPS) is 17.6. The Morgan fingerprint density at radius 3 is 2.58 bits per heavy atom. The number of halogens is 3. The third kappa shape index (κ3) is 7.51. The van der Waals surface area contributed by atoms with Crippen molar-refractivity contribution in [3.63, 3.8) is 0 Å². The summed E-state index contributed by atoms with van der Waals surface area (Å²) < 4.78 is 42.7. The highest BCUT2D eigenvalue weighted by atomic mass is 19.4. The Morgan fingerprint density at radius 1 is 1.22 bits per heavy atom. The van der Waals surface area contributed by atoms with Crippen LogP contribution in [-0.2, 0) is 19.1 Å². The Labute approximate surface area is 205 Å². The van der Waals surface area contributed by atoms with Gasteiger partial charge in [0.25, 0.3) is 5.91 Å².